The smallest absolute Gasteiger partial charge is 0.110 e. The van der Waals surface area contributed by atoms with Crippen LogP contribution in [0, 0.1) is 4.64 Å². The molecule has 2 nitrogen and oxygen atoms in total. The second-order valence-corrected chi connectivity index (χ2v) is 4.63. The summed E-state index contributed by atoms with van der Waals surface area (Å²) in [4.78, 5) is 7.57. The van der Waals surface area contributed by atoms with E-state index >= 15 is 0 Å². The topological polar surface area (TPSA) is 28.7 Å². The minimum Gasteiger partial charge on any atom is -0.335 e. The van der Waals surface area contributed by atoms with Crippen molar-refractivity contribution < 1.29 is 0 Å². The first-order valence-electron chi connectivity index (χ1n) is 5.45. The van der Waals surface area contributed by atoms with Gasteiger partial charge in [-0.15, -0.1) is 0 Å². The van der Waals surface area contributed by atoms with Crippen LogP contribution < -0.4 is 0 Å². The van der Waals surface area contributed by atoms with Crippen LogP contribution in [0.4, 0.5) is 0 Å². The van der Waals surface area contributed by atoms with Crippen LogP contribution in [0.25, 0.3) is 0 Å². The van der Waals surface area contributed by atoms with Gasteiger partial charge in [0.25, 0.3) is 0 Å². The molecular weight excluding hydrogens is 216 g/mol. The standard InChI is InChI=1S/C13H12N2S/c16-12-5-6-14-13(15-12)11-7-9-3-1-2-4-10(9)8-11/h1-6,11H,7-8H2,(H,14,15,16). The number of nitrogens with one attached hydrogen (secondary N) is 1. The highest BCUT2D eigenvalue weighted by atomic mass is 32.1. The van der Waals surface area contributed by atoms with Crippen molar-refractivity contribution in [1.29, 1.82) is 0 Å². The summed E-state index contributed by atoms with van der Waals surface area (Å²) in [6.07, 6.45) is 3.92. The zero-order valence-corrected chi connectivity index (χ0v) is 9.63. The highest BCUT2D eigenvalue weighted by Gasteiger charge is 2.23. The summed E-state index contributed by atoms with van der Waals surface area (Å²) in [7, 11) is 0. The normalized spacial score (nSPS) is 15.0. The van der Waals surface area contributed by atoms with Gasteiger partial charge in [-0.2, -0.15) is 0 Å². The van der Waals surface area contributed by atoms with E-state index in [1.165, 1.54) is 11.1 Å². The van der Waals surface area contributed by atoms with Crippen molar-refractivity contribution in [2.75, 3.05) is 0 Å². The van der Waals surface area contributed by atoms with Crippen LogP contribution in [0.1, 0.15) is 22.9 Å². The maximum absolute atomic E-state index is 5.13. The van der Waals surface area contributed by atoms with Gasteiger partial charge in [0.1, 0.15) is 10.5 Å². The Kier molecular flexibility index (Phi) is 2.33. The van der Waals surface area contributed by atoms with Crippen LogP contribution in [0.15, 0.2) is 36.5 Å². The van der Waals surface area contributed by atoms with Crippen molar-refractivity contribution >= 4 is 12.2 Å². The molecule has 0 saturated heterocycles. The summed E-state index contributed by atoms with van der Waals surface area (Å²) in [5, 5.41) is 0. The minimum atomic E-state index is 0.459. The van der Waals surface area contributed by atoms with Gasteiger partial charge in [-0.25, -0.2) is 4.98 Å². The number of fused-ring (bicyclic) bond motifs is 1. The highest BCUT2D eigenvalue weighted by molar-refractivity contribution is 7.71. The van der Waals surface area contributed by atoms with Crippen LogP contribution in [0.2, 0.25) is 0 Å². The summed E-state index contributed by atoms with van der Waals surface area (Å²) in [6.45, 7) is 0. The van der Waals surface area contributed by atoms with Crippen LogP contribution in [-0.2, 0) is 12.8 Å². The molecule has 0 radical (unpaired) electrons. The Hall–Kier alpha value is -1.48. The zero-order valence-electron chi connectivity index (χ0n) is 8.81. The lowest BCUT2D eigenvalue weighted by Crippen LogP contribution is -2.03. The van der Waals surface area contributed by atoms with E-state index < -0.39 is 0 Å². The maximum atomic E-state index is 5.13. The Morgan fingerprint density at radius 1 is 1.12 bits per heavy atom. The summed E-state index contributed by atoms with van der Waals surface area (Å²) in [5.74, 6) is 1.48. The van der Waals surface area contributed by atoms with Crippen LogP contribution in [0.5, 0.6) is 0 Å². The average molecular weight is 228 g/mol. The number of nitrogens with zero attached hydrogens (tertiary/aromatic N) is 1. The third-order valence-corrected chi connectivity index (χ3v) is 3.37. The monoisotopic (exact) mass is 228 g/mol. The van der Waals surface area contributed by atoms with E-state index in [2.05, 4.69) is 34.2 Å². The molecule has 1 aliphatic rings. The molecule has 0 fully saturated rings. The fourth-order valence-electron chi connectivity index (χ4n) is 2.35. The summed E-state index contributed by atoms with van der Waals surface area (Å²) in [5.41, 5.74) is 2.88. The molecule has 0 spiro atoms. The molecule has 0 amide bonds. The third-order valence-electron chi connectivity index (χ3n) is 3.13. The van der Waals surface area contributed by atoms with Gasteiger partial charge in [-0.1, -0.05) is 36.5 Å². The predicted octanol–water partition coefficient (Wildman–Crippen LogP) is 3.02. The molecule has 3 rings (SSSR count). The van der Waals surface area contributed by atoms with Crippen molar-refractivity contribution in [3.63, 3.8) is 0 Å². The molecule has 1 heterocycles. The first-order chi connectivity index (χ1) is 7.83. The molecular formula is C13H12N2S. The Labute approximate surface area is 99.4 Å². The van der Waals surface area contributed by atoms with Gasteiger partial charge in [0.05, 0.1) is 0 Å². The number of hydrogen-bond acceptors (Lipinski definition) is 2. The van der Waals surface area contributed by atoms with Crippen LogP contribution in [-0.4, -0.2) is 9.97 Å². The Morgan fingerprint density at radius 3 is 2.44 bits per heavy atom. The average Bonchev–Trinajstić information content (AvgIpc) is 2.72. The molecule has 1 aromatic carbocycles. The third kappa shape index (κ3) is 1.67. The highest BCUT2D eigenvalue weighted by Crippen LogP contribution is 2.31. The largest absolute Gasteiger partial charge is 0.335 e. The van der Waals surface area contributed by atoms with Gasteiger partial charge in [0.2, 0.25) is 0 Å². The molecule has 0 unspecified atom stereocenters. The molecule has 0 aliphatic heterocycles. The van der Waals surface area contributed by atoms with Crippen molar-refractivity contribution in [3.8, 4) is 0 Å². The van der Waals surface area contributed by atoms with Gasteiger partial charge < -0.3 is 4.98 Å². The number of hydrogen-bond donors (Lipinski definition) is 1. The van der Waals surface area contributed by atoms with E-state index in [-0.39, 0.29) is 0 Å². The molecule has 2 aromatic rings. The summed E-state index contributed by atoms with van der Waals surface area (Å²) < 4.78 is 0.765. The Morgan fingerprint density at radius 2 is 1.81 bits per heavy atom. The lowest BCUT2D eigenvalue weighted by atomic mass is 10.1. The van der Waals surface area contributed by atoms with Crippen molar-refractivity contribution in [2.24, 2.45) is 0 Å². The molecule has 80 valence electrons. The van der Waals surface area contributed by atoms with Gasteiger partial charge in [-0.05, 0) is 30.0 Å². The predicted molar refractivity (Wildman–Crippen MR) is 66.0 cm³/mol. The van der Waals surface area contributed by atoms with Gasteiger partial charge in [0, 0.05) is 12.1 Å². The van der Waals surface area contributed by atoms with E-state index in [1.54, 1.807) is 6.20 Å². The molecule has 16 heavy (non-hydrogen) atoms. The van der Waals surface area contributed by atoms with Gasteiger partial charge in [0.15, 0.2) is 0 Å². The molecule has 1 aliphatic carbocycles. The Bertz CT molecular complexity index is 549. The number of aromatic amines is 1. The van der Waals surface area contributed by atoms with Crippen molar-refractivity contribution in [2.45, 2.75) is 18.8 Å². The van der Waals surface area contributed by atoms with Gasteiger partial charge >= 0.3 is 0 Å². The Balaban J connectivity index is 1.94. The molecule has 0 saturated carbocycles. The van der Waals surface area contributed by atoms with Crippen LogP contribution in [0.3, 0.4) is 0 Å². The first-order valence-corrected chi connectivity index (χ1v) is 5.86. The zero-order chi connectivity index (χ0) is 11.0. The quantitative estimate of drug-likeness (QED) is 0.760. The molecule has 3 heteroatoms. The second kappa shape index (κ2) is 3.83. The fourth-order valence-corrected chi connectivity index (χ4v) is 2.51. The lowest BCUT2D eigenvalue weighted by Gasteiger charge is -2.07. The minimum absolute atomic E-state index is 0.459. The SMILES string of the molecule is S=c1ccnc(C2Cc3ccccc3C2)[nH]1. The molecule has 0 atom stereocenters. The van der Waals surface area contributed by atoms with Gasteiger partial charge in [-0.3, -0.25) is 0 Å². The number of H-pyrrole nitrogens is 1. The second-order valence-electron chi connectivity index (χ2n) is 4.19. The van der Waals surface area contributed by atoms with Crippen molar-refractivity contribution in [3.05, 3.63) is 58.1 Å². The summed E-state index contributed by atoms with van der Waals surface area (Å²) >= 11 is 5.13. The van der Waals surface area contributed by atoms with E-state index in [1.807, 2.05) is 6.07 Å². The maximum Gasteiger partial charge on any atom is 0.110 e. The van der Waals surface area contributed by atoms with E-state index in [4.69, 9.17) is 12.2 Å². The van der Waals surface area contributed by atoms with E-state index in [0.717, 1.165) is 23.3 Å². The fraction of sp³-hybridized carbons (Fsp3) is 0.231. The van der Waals surface area contributed by atoms with Crippen molar-refractivity contribution in [1.82, 2.24) is 9.97 Å². The summed E-state index contributed by atoms with van der Waals surface area (Å²) in [6, 6.07) is 10.4. The lowest BCUT2D eigenvalue weighted by molar-refractivity contribution is 0.680. The van der Waals surface area contributed by atoms with Crippen LogP contribution >= 0.6 is 12.2 Å². The van der Waals surface area contributed by atoms with E-state index in [9.17, 15) is 0 Å². The van der Waals surface area contributed by atoms with E-state index in [0.29, 0.717) is 5.92 Å². The number of rotatable bonds is 1. The number of aromatic nitrogens is 2. The first kappa shape index (κ1) is 9.73. The molecule has 1 N–H and O–H groups in total. The molecule has 1 aromatic heterocycles. The molecule has 0 bridgehead atoms. The number of benzene rings is 1.